The van der Waals surface area contributed by atoms with E-state index in [1.807, 2.05) is 0 Å². The molecule has 0 saturated carbocycles. The van der Waals surface area contributed by atoms with Crippen LogP contribution in [0.3, 0.4) is 0 Å². The van der Waals surface area contributed by atoms with Gasteiger partial charge in [0.1, 0.15) is 5.00 Å². The number of primary amides is 1. The standard InChI is InChI=1S/C14H18N2O4S/c1-5-20-14(19)10-8(4)11(12(15)18)21-13(10)16-9(17)6-7(2)3/h6H,5H2,1-4H3,(H2,15,18)(H,16,17). The van der Waals surface area contributed by atoms with E-state index >= 15 is 0 Å². The van der Waals surface area contributed by atoms with E-state index < -0.39 is 11.9 Å². The summed E-state index contributed by atoms with van der Waals surface area (Å²) >= 11 is 0.967. The van der Waals surface area contributed by atoms with Crippen molar-refractivity contribution in [1.82, 2.24) is 0 Å². The van der Waals surface area contributed by atoms with Gasteiger partial charge < -0.3 is 15.8 Å². The first kappa shape index (κ1) is 16.9. The van der Waals surface area contributed by atoms with Gasteiger partial charge in [0, 0.05) is 6.08 Å². The van der Waals surface area contributed by atoms with Gasteiger partial charge in [-0.2, -0.15) is 0 Å². The van der Waals surface area contributed by atoms with Crippen LogP contribution in [0.25, 0.3) is 0 Å². The van der Waals surface area contributed by atoms with Gasteiger partial charge >= 0.3 is 5.97 Å². The van der Waals surface area contributed by atoms with Crippen LogP contribution < -0.4 is 11.1 Å². The van der Waals surface area contributed by atoms with Crippen molar-refractivity contribution >= 4 is 34.1 Å². The van der Waals surface area contributed by atoms with Gasteiger partial charge in [0.15, 0.2) is 0 Å². The Morgan fingerprint density at radius 1 is 1.33 bits per heavy atom. The Kier molecular flexibility index (Phi) is 5.66. The summed E-state index contributed by atoms with van der Waals surface area (Å²) in [6, 6.07) is 0. The Morgan fingerprint density at radius 3 is 2.43 bits per heavy atom. The van der Waals surface area contributed by atoms with Crippen LogP contribution in [0.5, 0.6) is 0 Å². The molecule has 0 unspecified atom stereocenters. The van der Waals surface area contributed by atoms with E-state index in [2.05, 4.69) is 5.32 Å². The van der Waals surface area contributed by atoms with Crippen LogP contribution in [0.1, 0.15) is 46.4 Å². The fourth-order valence-corrected chi connectivity index (χ4v) is 2.75. The molecule has 3 N–H and O–H groups in total. The number of hydrogen-bond donors (Lipinski definition) is 2. The lowest BCUT2D eigenvalue weighted by Gasteiger charge is -2.05. The van der Waals surface area contributed by atoms with E-state index in [0.717, 1.165) is 16.9 Å². The molecule has 0 saturated heterocycles. The number of allylic oxidation sites excluding steroid dienone is 1. The van der Waals surface area contributed by atoms with Crippen molar-refractivity contribution in [3.05, 3.63) is 27.7 Å². The molecule has 0 bridgehead atoms. The third-order valence-electron chi connectivity index (χ3n) is 2.51. The molecule has 1 aromatic heterocycles. The average molecular weight is 310 g/mol. The Hall–Kier alpha value is -2.15. The highest BCUT2D eigenvalue weighted by Gasteiger charge is 2.25. The molecule has 0 fully saturated rings. The van der Waals surface area contributed by atoms with Crippen LogP contribution in [0.2, 0.25) is 0 Å². The second kappa shape index (κ2) is 7.03. The number of ether oxygens (including phenoxy) is 1. The molecule has 1 rings (SSSR count). The molecule has 0 atom stereocenters. The van der Waals surface area contributed by atoms with Crippen molar-refractivity contribution in [2.24, 2.45) is 5.73 Å². The number of amides is 2. The maximum atomic E-state index is 12.0. The summed E-state index contributed by atoms with van der Waals surface area (Å²) in [7, 11) is 0. The van der Waals surface area contributed by atoms with Crippen molar-refractivity contribution < 1.29 is 19.1 Å². The molecular formula is C14H18N2O4S. The highest BCUT2D eigenvalue weighted by molar-refractivity contribution is 7.18. The Labute approximate surface area is 127 Å². The van der Waals surface area contributed by atoms with E-state index in [1.165, 1.54) is 6.08 Å². The summed E-state index contributed by atoms with van der Waals surface area (Å²) in [5.74, 6) is -1.62. The first-order valence-corrected chi connectivity index (χ1v) is 7.15. The van der Waals surface area contributed by atoms with Crippen molar-refractivity contribution in [3.63, 3.8) is 0 Å². The highest BCUT2D eigenvalue weighted by atomic mass is 32.1. The van der Waals surface area contributed by atoms with Crippen LogP contribution in [-0.2, 0) is 9.53 Å². The lowest BCUT2D eigenvalue weighted by Crippen LogP contribution is -2.13. The second-order valence-electron chi connectivity index (χ2n) is 4.56. The molecule has 0 spiro atoms. The van der Waals surface area contributed by atoms with Crippen molar-refractivity contribution in [3.8, 4) is 0 Å². The zero-order valence-corrected chi connectivity index (χ0v) is 13.2. The minimum Gasteiger partial charge on any atom is -0.462 e. The molecule has 0 aliphatic rings. The SMILES string of the molecule is CCOC(=O)c1c(NC(=O)C=C(C)C)sc(C(N)=O)c1C. The molecule has 1 heterocycles. The predicted molar refractivity (Wildman–Crippen MR) is 81.6 cm³/mol. The molecule has 2 amide bonds. The van der Waals surface area contributed by atoms with E-state index in [-0.39, 0.29) is 28.0 Å². The number of carbonyl (C=O) groups excluding carboxylic acids is 3. The molecule has 0 radical (unpaired) electrons. The first-order valence-electron chi connectivity index (χ1n) is 6.34. The lowest BCUT2D eigenvalue weighted by molar-refractivity contribution is -0.111. The third kappa shape index (κ3) is 4.16. The number of nitrogens with one attached hydrogen (secondary N) is 1. The third-order valence-corrected chi connectivity index (χ3v) is 3.73. The maximum absolute atomic E-state index is 12.0. The summed E-state index contributed by atoms with van der Waals surface area (Å²) in [6.45, 7) is 7.03. The zero-order chi connectivity index (χ0) is 16.2. The van der Waals surface area contributed by atoms with Crippen molar-refractivity contribution in [2.75, 3.05) is 11.9 Å². The van der Waals surface area contributed by atoms with Crippen LogP contribution in [0, 0.1) is 6.92 Å². The molecular weight excluding hydrogens is 292 g/mol. The van der Waals surface area contributed by atoms with Gasteiger partial charge in [-0.25, -0.2) is 4.79 Å². The number of anilines is 1. The number of esters is 1. The minimum atomic E-state index is -0.647. The number of thiophene rings is 1. The molecule has 0 aliphatic carbocycles. The van der Waals surface area contributed by atoms with Gasteiger partial charge in [-0.1, -0.05) is 5.57 Å². The number of nitrogens with two attached hydrogens (primary N) is 1. The van der Waals surface area contributed by atoms with E-state index in [1.54, 1.807) is 27.7 Å². The van der Waals surface area contributed by atoms with Crippen LogP contribution >= 0.6 is 11.3 Å². The topological polar surface area (TPSA) is 98.5 Å². The van der Waals surface area contributed by atoms with E-state index in [0.29, 0.717) is 5.56 Å². The maximum Gasteiger partial charge on any atom is 0.341 e. The fraction of sp³-hybridized carbons (Fsp3) is 0.357. The molecule has 1 aromatic rings. The van der Waals surface area contributed by atoms with E-state index in [4.69, 9.17) is 10.5 Å². The summed E-state index contributed by atoms with van der Waals surface area (Å²) in [4.78, 5) is 35.4. The lowest BCUT2D eigenvalue weighted by atomic mass is 10.1. The minimum absolute atomic E-state index is 0.172. The second-order valence-corrected chi connectivity index (χ2v) is 5.58. The average Bonchev–Trinajstić information content (AvgIpc) is 2.65. The number of carbonyl (C=O) groups is 3. The first-order chi connectivity index (χ1) is 9.77. The van der Waals surface area contributed by atoms with E-state index in [9.17, 15) is 14.4 Å². The van der Waals surface area contributed by atoms with Crippen molar-refractivity contribution in [1.29, 1.82) is 0 Å². The molecule has 114 valence electrons. The molecule has 0 aliphatic heterocycles. The quantitative estimate of drug-likeness (QED) is 0.643. The summed E-state index contributed by atoms with van der Waals surface area (Å²) in [5, 5.41) is 2.86. The number of rotatable bonds is 5. The van der Waals surface area contributed by atoms with Crippen molar-refractivity contribution in [2.45, 2.75) is 27.7 Å². The van der Waals surface area contributed by atoms with Gasteiger partial charge in [0.05, 0.1) is 17.0 Å². The molecule has 7 heteroatoms. The summed E-state index contributed by atoms with van der Waals surface area (Å²) < 4.78 is 4.95. The fourth-order valence-electron chi connectivity index (χ4n) is 1.70. The van der Waals surface area contributed by atoms with Gasteiger partial charge in [-0.15, -0.1) is 11.3 Å². The van der Waals surface area contributed by atoms with Gasteiger partial charge in [0.25, 0.3) is 5.91 Å². The van der Waals surface area contributed by atoms with Gasteiger partial charge in [0.2, 0.25) is 5.91 Å². The predicted octanol–water partition coefficient (Wildman–Crippen LogP) is 2.24. The largest absolute Gasteiger partial charge is 0.462 e. The zero-order valence-electron chi connectivity index (χ0n) is 12.4. The summed E-state index contributed by atoms with van der Waals surface area (Å²) in [5.41, 5.74) is 6.68. The highest BCUT2D eigenvalue weighted by Crippen LogP contribution is 2.33. The van der Waals surface area contributed by atoms with Crippen LogP contribution in [-0.4, -0.2) is 24.4 Å². The van der Waals surface area contributed by atoms with Gasteiger partial charge in [-0.05, 0) is 33.3 Å². The Morgan fingerprint density at radius 2 is 1.95 bits per heavy atom. The molecule has 0 aromatic carbocycles. The monoisotopic (exact) mass is 310 g/mol. The van der Waals surface area contributed by atoms with Gasteiger partial charge in [-0.3, -0.25) is 9.59 Å². The van der Waals surface area contributed by atoms with Crippen LogP contribution in [0.15, 0.2) is 11.6 Å². The number of hydrogen-bond acceptors (Lipinski definition) is 5. The molecule has 6 nitrogen and oxygen atoms in total. The summed E-state index contributed by atoms with van der Waals surface area (Å²) in [6.07, 6.45) is 1.40. The molecule has 21 heavy (non-hydrogen) atoms. The smallest absolute Gasteiger partial charge is 0.341 e. The van der Waals surface area contributed by atoms with Crippen LogP contribution in [0.4, 0.5) is 5.00 Å². The Bertz CT molecular complexity index is 613. The Balaban J connectivity index is 3.26. The normalized spacial score (nSPS) is 9.90.